The summed E-state index contributed by atoms with van der Waals surface area (Å²) in [5.74, 6) is -0.522. The zero-order valence-corrected chi connectivity index (χ0v) is 19.2. The summed E-state index contributed by atoms with van der Waals surface area (Å²) in [6, 6.07) is 10.2. The van der Waals surface area contributed by atoms with Crippen LogP contribution in [0.3, 0.4) is 0 Å². The molecule has 0 aliphatic carbocycles. The van der Waals surface area contributed by atoms with Gasteiger partial charge in [0.25, 0.3) is 5.91 Å². The number of fused-ring (bicyclic) bond motifs is 1. The minimum Gasteiger partial charge on any atom is -0.479 e. The lowest BCUT2D eigenvalue weighted by atomic mass is 9.98. The van der Waals surface area contributed by atoms with Gasteiger partial charge < -0.3 is 15.4 Å². The largest absolute Gasteiger partial charge is 0.479 e. The second-order valence-corrected chi connectivity index (χ2v) is 10.4. The van der Waals surface area contributed by atoms with E-state index in [0.29, 0.717) is 30.8 Å². The average molecular weight is 458 g/mol. The number of hydrogen-bond acceptors (Lipinski definition) is 5. The average Bonchev–Trinajstić information content (AvgIpc) is 2.76. The Bertz CT molecular complexity index is 1180. The van der Waals surface area contributed by atoms with Gasteiger partial charge in [0.1, 0.15) is 5.75 Å². The zero-order chi connectivity index (χ0) is 23.0. The molecule has 170 valence electrons. The van der Waals surface area contributed by atoms with Crippen molar-refractivity contribution in [2.75, 3.05) is 23.7 Å². The van der Waals surface area contributed by atoms with Crippen LogP contribution in [0.4, 0.5) is 11.4 Å². The summed E-state index contributed by atoms with van der Waals surface area (Å²) >= 11 is 0. The van der Waals surface area contributed by atoms with Crippen molar-refractivity contribution in [3.05, 3.63) is 47.5 Å². The van der Waals surface area contributed by atoms with E-state index in [2.05, 4.69) is 10.6 Å². The minimum absolute atomic E-state index is 0.0603. The van der Waals surface area contributed by atoms with Gasteiger partial charge in [-0.2, -0.15) is 4.31 Å². The molecule has 0 spiro atoms. The first-order valence-electron chi connectivity index (χ1n) is 10.6. The van der Waals surface area contributed by atoms with Crippen LogP contribution in [-0.4, -0.2) is 43.7 Å². The standard InChI is InChI=1S/C23H27N3O5S/c1-14-6-8-19(15(2)11-14)24-23(28)17-5-4-10-26(13-17)32(29,30)18-7-9-21-20(12-18)25-22(27)16(3)31-21/h6-9,11-12,16-17H,4-5,10,13H2,1-3H3,(H,24,28)(H,25,27)/t16-,17+/m1/s1. The third-order valence-corrected chi connectivity index (χ3v) is 7.78. The van der Waals surface area contributed by atoms with Crippen LogP contribution in [0.15, 0.2) is 41.3 Å². The fraction of sp³-hybridized carbons (Fsp3) is 0.391. The van der Waals surface area contributed by atoms with Crippen molar-refractivity contribution >= 4 is 33.2 Å². The smallest absolute Gasteiger partial charge is 0.265 e. The predicted molar refractivity (Wildman–Crippen MR) is 121 cm³/mol. The van der Waals surface area contributed by atoms with Crippen LogP contribution in [0.25, 0.3) is 0 Å². The van der Waals surface area contributed by atoms with Gasteiger partial charge in [-0.05, 0) is 63.4 Å². The Labute approximate surface area is 188 Å². The van der Waals surface area contributed by atoms with E-state index >= 15 is 0 Å². The summed E-state index contributed by atoms with van der Waals surface area (Å²) in [5, 5.41) is 5.62. The van der Waals surface area contributed by atoms with Crippen molar-refractivity contribution in [2.24, 2.45) is 5.92 Å². The van der Waals surface area contributed by atoms with E-state index in [0.717, 1.165) is 16.8 Å². The first kappa shape index (κ1) is 22.3. The number of ether oxygens (including phenoxy) is 1. The molecule has 0 saturated carbocycles. The number of rotatable bonds is 4. The fourth-order valence-electron chi connectivity index (χ4n) is 4.06. The Morgan fingerprint density at radius 2 is 1.97 bits per heavy atom. The number of amides is 2. The van der Waals surface area contributed by atoms with Crippen LogP contribution in [0.5, 0.6) is 5.75 Å². The van der Waals surface area contributed by atoms with Crippen molar-refractivity contribution in [3.8, 4) is 5.75 Å². The number of anilines is 2. The van der Waals surface area contributed by atoms with Crippen LogP contribution in [-0.2, 0) is 19.6 Å². The number of nitrogens with one attached hydrogen (secondary N) is 2. The van der Waals surface area contributed by atoms with Crippen LogP contribution in [0.1, 0.15) is 30.9 Å². The number of nitrogens with zero attached hydrogens (tertiary/aromatic N) is 1. The highest BCUT2D eigenvalue weighted by Gasteiger charge is 2.34. The first-order valence-corrected chi connectivity index (χ1v) is 12.1. The highest BCUT2D eigenvalue weighted by Crippen LogP contribution is 2.34. The number of aryl methyl sites for hydroxylation is 2. The molecule has 2 aliphatic rings. The summed E-state index contributed by atoms with van der Waals surface area (Å²) in [5.41, 5.74) is 3.14. The van der Waals surface area contributed by atoms with Gasteiger partial charge in [0.2, 0.25) is 15.9 Å². The highest BCUT2D eigenvalue weighted by atomic mass is 32.2. The maximum Gasteiger partial charge on any atom is 0.265 e. The molecule has 0 aromatic heterocycles. The monoisotopic (exact) mass is 457 g/mol. The number of carbonyl (C=O) groups excluding carboxylic acids is 2. The SMILES string of the molecule is Cc1ccc(NC(=O)[C@H]2CCCN(S(=O)(=O)c3ccc4c(c3)NC(=O)[C@@H](C)O4)C2)c(C)c1. The van der Waals surface area contributed by atoms with Gasteiger partial charge in [-0.15, -0.1) is 0 Å². The number of carbonyl (C=O) groups is 2. The van der Waals surface area contributed by atoms with E-state index in [1.807, 2.05) is 32.0 Å². The molecule has 2 N–H and O–H groups in total. The lowest BCUT2D eigenvalue weighted by Gasteiger charge is -2.31. The molecule has 32 heavy (non-hydrogen) atoms. The fourth-order valence-corrected chi connectivity index (χ4v) is 5.61. The Kier molecular flexibility index (Phi) is 5.96. The lowest BCUT2D eigenvalue weighted by molar-refractivity contribution is -0.123. The van der Waals surface area contributed by atoms with E-state index in [4.69, 9.17) is 4.74 Å². The summed E-state index contributed by atoms with van der Waals surface area (Å²) in [6.07, 6.45) is 0.574. The topological polar surface area (TPSA) is 105 Å². The quantitative estimate of drug-likeness (QED) is 0.734. The molecule has 0 radical (unpaired) electrons. The summed E-state index contributed by atoms with van der Waals surface area (Å²) < 4.78 is 33.4. The van der Waals surface area contributed by atoms with E-state index in [-0.39, 0.29) is 23.3 Å². The summed E-state index contributed by atoms with van der Waals surface area (Å²) in [4.78, 5) is 24.8. The lowest BCUT2D eigenvalue weighted by Crippen LogP contribution is -2.43. The maximum atomic E-state index is 13.3. The molecule has 8 nitrogen and oxygen atoms in total. The molecule has 2 atom stereocenters. The molecule has 4 rings (SSSR count). The van der Waals surface area contributed by atoms with Gasteiger partial charge >= 0.3 is 0 Å². The first-order chi connectivity index (χ1) is 15.1. The van der Waals surface area contributed by atoms with Crippen LogP contribution in [0.2, 0.25) is 0 Å². The molecular formula is C23H27N3O5S. The van der Waals surface area contributed by atoms with Gasteiger partial charge in [0.05, 0.1) is 16.5 Å². The molecule has 2 aromatic rings. The van der Waals surface area contributed by atoms with Crippen LogP contribution < -0.4 is 15.4 Å². The predicted octanol–water partition coefficient (Wildman–Crippen LogP) is 3.06. The van der Waals surface area contributed by atoms with Crippen LogP contribution >= 0.6 is 0 Å². The Morgan fingerprint density at radius 3 is 2.72 bits per heavy atom. The molecule has 2 amide bonds. The number of piperidine rings is 1. The molecule has 2 aliphatic heterocycles. The summed E-state index contributed by atoms with van der Waals surface area (Å²) in [6.45, 7) is 5.99. The highest BCUT2D eigenvalue weighted by molar-refractivity contribution is 7.89. The third kappa shape index (κ3) is 4.35. The second kappa shape index (κ2) is 8.55. The van der Waals surface area contributed by atoms with E-state index in [1.165, 1.54) is 16.4 Å². The van der Waals surface area contributed by atoms with E-state index in [9.17, 15) is 18.0 Å². The molecule has 0 bridgehead atoms. The van der Waals surface area contributed by atoms with E-state index < -0.39 is 22.0 Å². The number of hydrogen-bond donors (Lipinski definition) is 2. The third-order valence-electron chi connectivity index (χ3n) is 5.91. The molecule has 1 saturated heterocycles. The maximum absolute atomic E-state index is 13.3. The zero-order valence-electron chi connectivity index (χ0n) is 18.3. The van der Waals surface area contributed by atoms with Crippen molar-refractivity contribution in [1.82, 2.24) is 4.31 Å². The molecule has 9 heteroatoms. The summed E-state index contributed by atoms with van der Waals surface area (Å²) in [7, 11) is -3.83. The minimum atomic E-state index is -3.83. The van der Waals surface area contributed by atoms with E-state index in [1.54, 1.807) is 13.0 Å². The van der Waals surface area contributed by atoms with Crippen LogP contribution in [0, 0.1) is 19.8 Å². The Balaban J connectivity index is 1.50. The van der Waals surface area contributed by atoms with Crippen molar-refractivity contribution in [2.45, 2.75) is 44.6 Å². The Hall–Kier alpha value is -2.91. The second-order valence-electron chi connectivity index (χ2n) is 8.42. The van der Waals surface area contributed by atoms with Gasteiger partial charge in [0.15, 0.2) is 6.10 Å². The van der Waals surface area contributed by atoms with Gasteiger partial charge in [-0.25, -0.2) is 8.42 Å². The van der Waals surface area contributed by atoms with Crippen molar-refractivity contribution < 1.29 is 22.7 Å². The molecule has 0 unspecified atom stereocenters. The normalized spacial score (nSPS) is 21.3. The molecule has 2 aromatic carbocycles. The van der Waals surface area contributed by atoms with Gasteiger partial charge in [-0.3, -0.25) is 9.59 Å². The Morgan fingerprint density at radius 1 is 1.19 bits per heavy atom. The van der Waals surface area contributed by atoms with Crippen molar-refractivity contribution in [3.63, 3.8) is 0 Å². The van der Waals surface area contributed by atoms with Gasteiger partial charge in [0, 0.05) is 18.8 Å². The molecule has 2 heterocycles. The van der Waals surface area contributed by atoms with Crippen molar-refractivity contribution in [1.29, 1.82) is 0 Å². The molecular weight excluding hydrogens is 430 g/mol. The number of sulfonamides is 1. The number of benzene rings is 2. The van der Waals surface area contributed by atoms with Gasteiger partial charge in [-0.1, -0.05) is 17.7 Å². The molecule has 1 fully saturated rings.